The van der Waals surface area contributed by atoms with Gasteiger partial charge in [0.15, 0.2) is 0 Å². The van der Waals surface area contributed by atoms with Crippen molar-refractivity contribution in [3.63, 3.8) is 0 Å². The lowest BCUT2D eigenvalue weighted by Gasteiger charge is -2.17. The minimum atomic E-state index is 0.0856. The summed E-state index contributed by atoms with van der Waals surface area (Å²) in [6, 6.07) is 2.11. The predicted octanol–water partition coefficient (Wildman–Crippen LogP) is 0.945. The SMILES string of the molecule is CCn1nccc1C(NC)c1nccn1C. The maximum absolute atomic E-state index is 4.38. The zero-order valence-electron chi connectivity index (χ0n) is 9.88. The van der Waals surface area contributed by atoms with Gasteiger partial charge in [0.05, 0.1) is 5.69 Å². The fourth-order valence-electron chi connectivity index (χ4n) is 1.92. The van der Waals surface area contributed by atoms with E-state index in [1.807, 2.05) is 48.0 Å². The Kier molecular flexibility index (Phi) is 3.05. The standard InChI is InChI=1S/C11H17N5/c1-4-16-9(5-6-14-16)10(12-2)11-13-7-8-15(11)3/h5-8,10,12H,4H2,1-3H3. The van der Waals surface area contributed by atoms with Gasteiger partial charge in [-0.2, -0.15) is 5.10 Å². The summed E-state index contributed by atoms with van der Waals surface area (Å²) >= 11 is 0. The molecule has 0 aliphatic heterocycles. The van der Waals surface area contributed by atoms with Crippen LogP contribution in [0.25, 0.3) is 0 Å². The van der Waals surface area contributed by atoms with E-state index in [9.17, 15) is 0 Å². The monoisotopic (exact) mass is 219 g/mol. The number of hydrogen-bond acceptors (Lipinski definition) is 3. The van der Waals surface area contributed by atoms with E-state index >= 15 is 0 Å². The Morgan fingerprint density at radius 3 is 2.81 bits per heavy atom. The van der Waals surface area contributed by atoms with Gasteiger partial charge in [-0.05, 0) is 20.0 Å². The Labute approximate surface area is 95.1 Å². The molecule has 2 heterocycles. The van der Waals surface area contributed by atoms with Gasteiger partial charge in [0, 0.05) is 32.2 Å². The van der Waals surface area contributed by atoms with Crippen LogP contribution >= 0.6 is 0 Å². The van der Waals surface area contributed by atoms with Gasteiger partial charge in [0.2, 0.25) is 0 Å². The van der Waals surface area contributed by atoms with E-state index in [-0.39, 0.29) is 6.04 Å². The molecular formula is C11H17N5. The molecule has 0 radical (unpaired) electrons. The Balaban J connectivity index is 2.40. The number of aryl methyl sites for hydroxylation is 2. The maximum Gasteiger partial charge on any atom is 0.131 e. The molecule has 0 aliphatic rings. The lowest BCUT2D eigenvalue weighted by molar-refractivity contribution is 0.535. The molecule has 86 valence electrons. The summed E-state index contributed by atoms with van der Waals surface area (Å²) in [5.74, 6) is 0.998. The fraction of sp³-hybridized carbons (Fsp3) is 0.455. The van der Waals surface area contributed by atoms with Crippen molar-refractivity contribution < 1.29 is 0 Å². The average molecular weight is 219 g/mol. The third kappa shape index (κ3) is 1.74. The molecule has 5 heteroatoms. The molecule has 2 aromatic rings. The molecule has 0 aromatic carbocycles. The molecule has 0 aliphatic carbocycles. The van der Waals surface area contributed by atoms with E-state index in [4.69, 9.17) is 0 Å². The van der Waals surface area contributed by atoms with E-state index in [0.29, 0.717) is 0 Å². The lowest BCUT2D eigenvalue weighted by Crippen LogP contribution is -2.24. The van der Waals surface area contributed by atoms with Crippen molar-refractivity contribution in [2.45, 2.75) is 19.5 Å². The van der Waals surface area contributed by atoms with Gasteiger partial charge in [0.1, 0.15) is 11.9 Å². The van der Waals surface area contributed by atoms with Crippen molar-refractivity contribution in [1.82, 2.24) is 24.6 Å². The molecule has 0 fully saturated rings. The van der Waals surface area contributed by atoms with Crippen LogP contribution in [0.15, 0.2) is 24.7 Å². The van der Waals surface area contributed by atoms with Gasteiger partial charge in [-0.3, -0.25) is 4.68 Å². The second kappa shape index (κ2) is 4.49. The highest BCUT2D eigenvalue weighted by molar-refractivity contribution is 5.17. The van der Waals surface area contributed by atoms with E-state index in [1.54, 1.807) is 0 Å². The zero-order chi connectivity index (χ0) is 11.5. The first kappa shape index (κ1) is 10.9. The van der Waals surface area contributed by atoms with Crippen LogP contribution in [0.5, 0.6) is 0 Å². The quantitative estimate of drug-likeness (QED) is 0.832. The van der Waals surface area contributed by atoms with Crippen molar-refractivity contribution in [3.8, 4) is 0 Å². The number of hydrogen-bond donors (Lipinski definition) is 1. The van der Waals surface area contributed by atoms with E-state index < -0.39 is 0 Å². The summed E-state index contributed by atoms with van der Waals surface area (Å²) in [7, 11) is 3.94. The van der Waals surface area contributed by atoms with Gasteiger partial charge in [-0.15, -0.1) is 0 Å². The summed E-state index contributed by atoms with van der Waals surface area (Å²) in [5, 5.41) is 7.56. The van der Waals surface area contributed by atoms with Crippen LogP contribution < -0.4 is 5.32 Å². The first-order valence-corrected chi connectivity index (χ1v) is 5.44. The molecule has 2 aromatic heterocycles. The average Bonchev–Trinajstić information content (AvgIpc) is 2.90. The highest BCUT2D eigenvalue weighted by atomic mass is 15.3. The van der Waals surface area contributed by atoms with Crippen molar-refractivity contribution >= 4 is 0 Å². The minimum absolute atomic E-state index is 0.0856. The summed E-state index contributed by atoms with van der Waals surface area (Å²) in [5.41, 5.74) is 1.14. The first-order valence-electron chi connectivity index (χ1n) is 5.44. The lowest BCUT2D eigenvalue weighted by atomic mass is 10.2. The fourth-order valence-corrected chi connectivity index (χ4v) is 1.92. The molecule has 0 amide bonds. The van der Waals surface area contributed by atoms with Crippen LogP contribution in [0.2, 0.25) is 0 Å². The van der Waals surface area contributed by atoms with Crippen LogP contribution in [0.3, 0.4) is 0 Å². The highest BCUT2D eigenvalue weighted by Gasteiger charge is 2.19. The summed E-state index contributed by atoms with van der Waals surface area (Å²) in [6.07, 6.45) is 5.59. The Morgan fingerprint density at radius 1 is 1.44 bits per heavy atom. The second-order valence-corrected chi connectivity index (χ2v) is 3.69. The summed E-state index contributed by atoms with van der Waals surface area (Å²) in [6.45, 7) is 2.95. The van der Waals surface area contributed by atoms with Crippen molar-refractivity contribution in [2.75, 3.05) is 7.05 Å². The zero-order valence-corrected chi connectivity index (χ0v) is 9.88. The van der Waals surface area contributed by atoms with Gasteiger partial charge in [-0.1, -0.05) is 0 Å². The third-order valence-electron chi connectivity index (χ3n) is 2.75. The molecule has 0 saturated carbocycles. The van der Waals surface area contributed by atoms with Crippen molar-refractivity contribution in [3.05, 3.63) is 36.2 Å². The molecule has 1 N–H and O–H groups in total. The Morgan fingerprint density at radius 2 is 2.25 bits per heavy atom. The van der Waals surface area contributed by atoms with Crippen LogP contribution in [0.4, 0.5) is 0 Å². The normalized spacial score (nSPS) is 12.9. The highest BCUT2D eigenvalue weighted by Crippen LogP contribution is 2.19. The molecule has 1 atom stereocenters. The van der Waals surface area contributed by atoms with E-state index in [0.717, 1.165) is 18.1 Å². The first-order chi connectivity index (χ1) is 7.77. The van der Waals surface area contributed by atoms with Gasteiger partial charge in [-0.25, -0.2) is 4.98 Å². The van der Waals surface area contributed by atoms with Gasteiger partial charge >= 0.3 is 0 Å². The van der Waals surface area contributed by atoms with Gasteiger partial charge < -0.3 is 9.88 Å². The number of rotatable bonds is 4. The molecule has 16 heavy (non-hydrogen) atoms. The van der Waals surface area contributed by atoms with Crippen LogP contribution in [0.1, 0.15) is 24.5 Å². The smallest absolute Gasteiger partial charge is 0.131 e. The van der Waals surface area contributed by atoms with E-state index in [1.165, 1.54) is 0 Å². The Bertz CT molecular complexity index is 456. The predicted molar refractivity (Wildman–Crippen MR) is 62.0 cm³/mol. The molecule has 0 bridgehead atoms. The number of nitrogens with one attached hydrogen (secondary N) is 1. The minimum Gasteiger partial charge on any atom is -0.336 e. The van der Waals surface area contributed by atoms with E-state index in [2.05, 4.69) is 22.3 Å². The van der Waals surface area contributed by atoms with Crippen LogP contribution in [-0.2, 0) is 13.6 Å². The van der Waals surface area contributed by atoms with Crippen LogP contribution in [0, 0.1) is 0 Å². The number of nitrogens with zero attached hydrogens (tertiary/aromatic N) is 4. The van der Waals surface area contributed by atoms with Gasteiger partial charge in [0.25, 0.3) is 0 Å². The summed E-state index contributed by atoms with van der Waals surface area (Å²) in [4.78, 5) is 4.38. The molecule has 5 nitrogen and oxygen atoms in total. The topological polar surface area (TPSA) is 47.7 Å². The van der Waals surface area contributed by atoms with Crippen molar-refractivity contribution in [1.29, 1.82) is 0 Å². The molecule has 2 rings (SSSR count). The third-order valence-corrected chi connectivity index (χ3v) is 2.75. The molecule has 0 saturated heterocycles. The molecule has 1 unspecified atom stereocenters. The number of imidazole rings is 1. The maximum atomic E-state index is 4.38. The summed E-state index contributed by atoms with van der Waals surface area (Å²) < 4.78 is 4.00. The van der Waals surface area contributed by atoms with Crippen LogP contribution in [-0.4, -0.2) is 26.4 Å². The second-order valence-electron chi connectivity index (χ2n) is 3.69. The molecular weight excluding hydrogens is 202 g/mol. The Hall–Kier alpha value is -1.62. The molecule has 0 spiro atoms. The van der Waals surface area contributed by atoms with Crippen molar-refractivity contribution in [2.24, 2.45) is 7.05 Å². The largest absolute Gasteiger partial charge is 0.336 e. The number of aromatic nitrogens is 4.